The van der Waals surface area contributed by atoms with Crippen molar-refractivity contribution >= 4 is 17.5 Å². The van der Waals surface area contributed by atoms with Gasteiger partial charge in [0.2, 0.25) is 5.91 Å². The zero-order chi connectivity index (χ0) is 16.9. The van der Waals surface area contributed by atoms with Crippen LogP contribution < -0.4 is 16.8 Å². The maximum absolute atomic E-state index is 12.6. The van der Waals surface area contributed by atoms with Gasteiger partial charge < -0.3 is 16.8 Å². The minimum absolute atomic E-state index is 0.0501. The van der Waals surface area contributed by atoms with Crippen molar-refractivity contribution < 1.29 is 9.59 Å². The van der Waals surface area contributed by atoms with Crippen LogP contribution in [0.1, 0.15) is 48.2 Å². The number of nitrogens with two attached hydrogens (primary N) is 2. The molecule has 2 amide bonds. The molecule has 1 aromatic rings. The molecule has 0 aliphatic carbocycles. The predicted octanol–water partition coefficient (Wildman–Crippen LogP) is 0.348. The third-order valence-corrected chi connectivity index (χ3v) is 6.17. The summed E-state index contributed by atoms with van der Waals surface area (Å²) in [6.07, 6.45) is 6.81. The smallest absolute Gasteiger partial charge is 0.267 e. The van der Waals surface area contributed by atoms with Gasteiger partial charge in [-0.15, -0.1) is 0 Å². The fourth-order valence-electron chi connectivity index (χ4n) is 5.01. The lowest BCUT2D eigenvalue weighted by Crippen LogP contribution is -2.52. The van der Waals surface area contributed by atoms with Crippen molar-refractivity contribution in [1.82, 2.24) is 9.88 Å². The summed E-state index contributed by atoms with van der Waals surface area (Å²) in [5.74, 6) is -0.937. The highest BCUT2D eigenvalue weighted by atomic mass is 16.1. The summed E-state index contributed by atoms with van der Waals surface area (Å²) in [5, 5.41) is 3.26. The molecule has 128 valence electrons. The third kappa shape index (κ3) is 2.04. The summed E-state index contributed by atoms with van der Waals surface area (Å²) in [7, 11) is 0. The van der Waals surface area contributed by atoms with Crippen molar-refractivity contribution in [3.8, 4) is 0 Å². The molecular weight excluding hydrogens is 306 g/mol. The molecule has 1 aromatic heterocycles. The quantitative estimate of drug-likeness (QED) is 0.737. The molecule has 0 aromatic carbocycles. The van der Waals surface area contributed by atoms with Gasteiger partial charge in [0.25, 0.3) is 5.91 Å². The number of rotatable bonds is 4. The number of anilines is 1. The topological polar surface area (TPSA) is 114 Å². The number of carbonyl (C=O) groups excluding carboxylic acids is 2. The predicted molar refractivity (Wildman–Crippen MR) is 89.5 cm³/mol. The van der Waals surface area contributed by atoms with Crippen LogP contribution in [0.25, 0.3) is 0 Å². The number of hydrogen-bond acceptors (Lipinski definition) is 5. The average Bonchev–Trinajstić information content (AvgIpc) is 3.20. The summed E-state index contributed by atoms with van der Waals surface area (Å²) in [6.45, 7) is 2.65. The lowest BCUT2D eigenvalue weighted by atomic mass is 9.70. The Balaban J connectivity index is 1.78. The van der Waals surface area contributed by atoms with E-state index in [1.165, 1.54) is 0 Å². The fraction of sp³-hybridized carbons (Fsp3) is 0.588. The largest absolute Gasteiger partial charge is 0.382 e. The van der Waals surface area contributed by atoms with E-state index in [9.17, 15) is 9.59 Å². The molecule has 1 atom stereocenters. The monoisotopic (exact) mass is 329 g/mol. The summed E-state index contributed by atoms with van der Waals surface area (Å²) in [6, 6.07) is 1.65. The maximum Gasteiger partial charge on any atom is 0.267 e. The van der Waals surface area contributed by atoms with E-state index in [4.69, 9.17) is 11.5 Å². The van der Waals surface area contributed by atoms with E-state index in [2.05, 4.69) is 15.2 Å². The van der Waals surface area contributed by atoms with Gasteiger partial charge in [0.15, 0.2) is 0 Å². The van der Waals surface area contributed by atoms with E-state index >= 15 is 0 Å². The molecule has 2 saturated heterocycles. The molecule has 3 aliphatic rings. The number of aromatic nitrogens is 1. The Labute approximate surface area is 140 Å². The molecule has 0 spiro atoms. The van der Waals surface area contributed by atoms with Crippen molar-refractivity contribution in [3.05, 3.63) is 23.5 Å². The van der Waals surface area contributed by atoms with Gasteiger partial charge in [0.1, 0.15) is 5.69 Å². The highest BCUT2D eigenvalue weighted by Gasteiger charge is 2.54. The zero-order valence-corrected chi connectivity index (χ0v) is 13.7. The van der Waals surface area contributed by atoms with E-state index in [0.29, 0.717) is 13.0 Å². The molecule has 2 fully saturated rings. The summed E-state index contributed by atoms with van der Waals surface area (Å²) >= 11 is 0. The molecule has 3 aliphatic heterocycles. The van der Waals surface area contributed by atoms with Crippen LogP contribution in [-0.4, -0.2) is 46.9 Å². The zero-order valence-electron chi connectivity index (χ0n) is 13.7. The number of amides is 2. The second kappa shape index (κ2) is 5.17. The molecule has 0 radical (unpaired) electrons. The number of carbonyl (C=O) groups is 2. The molecule has 4 heterocycles. The number of primary amides is 2. The van der Waals surface area contributed by atoms with Gasteiger partial charge in [-0.25, -0.2) is 4.98 Å². The van der Waals surface area contributed by atoms with Crippen molar-refractivity contribution in [3.63, 3.8) is 0 Å². The minimum Gasteiger partial charge on any atom is -0.382 e. The van der Waals surface area contributed by atoms with Gasteiger partial charge in [0, 0.05) is 12.1 Å². The first-order valence-electron chi connectivity index (χ1n) is 8.56. The van der Waals surface area contributed by atoms with Crippen molar-refractivity contribution in [2.24, 2.45) is 11.5 Å². The number of pyridine rings is 1. The summed E-state index contributed by atoms with van der Waals surface area (Å²) in [4.78, 5) is 30.7. The molecule has 0 saturated carbocycles. The molecule has 4 rings (SSSR count). The van der Waals surface area contributed by atoms with Crippen molar-refractivity contribution in [2.75, 3.05) is 25.0 Å². The Hall–Kier alpha value is -2.15. The first-order chi connectivity index (χ1) is 11.5. The standard InChI is InChI=1S/C17H23N5O2/c18-14(23)12-7-11-13(8-20-12)21-10-17(11,15(19)24)9-16-3-1-5-22(16)6-2-4-16/h7-8,21H,1-6,9-10H2,(H2,18,23)(H2,19,24). The Morgan fingerprint density at radius 1 is 1.25 bits per heavy atom. The lowest BCUT2D eigenvalue weighted by molar-refractivity contribution is -0.124. The van der Waals surface area contributed by atoms with Gasteiger partial charge in [-0.3, -0.25) is 14.5 Å². The van der Waals surface area contributed by atoms with Gasteiger partial charge in [0.05, 0.1) is 17.3 Å². The van der Waals surface area contributed by atoms with Crippen LogP contribution in [0.3, 0.4) is 0 Å². The summed E-state index contributed by atoms with van der Waals surface area (Å²) in [5.41, 5.74) is 12.2. The molecule has 0 bridgehead atoms. The Bertz CT molecular complexity index is 709. The number of hydrogen-bond donors (Lipinski definition) is 3. The highest BCUT2D eigenvalue weighted by molar-refractivity contribution is 5.95. The number of fused-ring (bicyclic) bond motifs is 2. The maximum atomic E-state index is 12.6. The van der Waals surface area contributed by atoms with Crippen LogP contribution in [0.5, 0.6) is 0 Å². The normalized spacial score (nSPS) is 27.5. The second-order valence-electron chi connectivity index (χ2n) is 7.37. The van der Waals surface area contributed by atoms with Crippen molar-refractivity contribution in [1.29, 1.82) is 0 Å². The first kappa shape index (κ1) is 15.4. The van der Waals surface area contributed by atoms with Gasteiger partial charge in [-0.05, 0) is 56.8 Å². The van der Waals surface area contributed by atoms with Crippen LogP contribution >= 0.6 is 0 Å². The number of nitrogens with zero attached hydrogens (tertiary/aromatic N) is 2. The van der Waals surface area contributed by atoms with Gasteiger partial charge in [-0.2, -0.15) is 0 Å². The molecule has 1 unspecified atom stereocenters. The Morgan fingerprint density at radius 2 is 1.96 bits per heavy atom. The Kier molecular flexibility index (Phi) is 3.32. The third-order valence-electron chi connectivity index (χ3n) is 6.17. The molecule has 5 N–H and O–H groups in total. The Morgan fingerprint density at radius 3 is 2.58 bits per heavy atom. The van der Waals surface area contributed by atoms with E-state index in [-0.39, 0.29) is 17.1 Å². The molecular formula is C17H23N5O2. The molecule has 24 heavy (non-hydrogen) atoms. The van der Waals surface area contributed by atoms with E-state index in [0.717, 1.165) is 50.0 Å². The van der Waals surface area contributed by atoms with E-state index < -0.39 is 11.3 Å². The SMILES string of the molecule is NC(=O)c1cc2c(cn1)NCC2(CC12CCCN1CCC2)C(N)=O. The molecule has 7 heteroatoms. The first-order valence-corrected chi connectivity index (χ1v) is 8.56. The van der Waals surface area contributed by atoms with Gasteiger partial charge in [-0.1, -0.05) is 0 Å². The second-order valence-corrected chi connectivity index (χ2v) is 7.37. The lowest BCUT2D eigenvalue weighted by Gasteiger charge is -2.39. The summed E-state index contributed by atoms with van der Waals surface area (Å²) < 4.78 is 0. The molecule has 7 nitrogen and oxygen atoms in total. The van der Waals surface area contributed by atoms with E-state index in [1.54, 1.807) is 12.3 Å². The van der Waals surface area contributed by atoms with Crippen LogP contribution in [0.4, 0.5) is 5.69 Å². The van der Waals surface area contributed by atoms with Gasteiger partial charge >= 0.3 is 0 Å². The fourth-order valence-corrected chi connectivity index (χ4v) is 5.01. The van der Waals surface area contributed by atoms with Crippen LogP contribution in [0.2, 0.25) is 0 Å². The van der Waals surface area contributed by atoms with Crippen LogP contribution in [0.15, 0.2) is 12.3 Å². The highest BCUT2D eigenvalue weighted by Crippen LogP contribution is 2.50. The van der Waals surface area contributed by atoms with Crippen LogP contribution in [-0.2, 0) is 10.2 Å². The minimum atomic E-state index is -0.810. The van der Waals surface area contributed by atoms with Crippen molar-refractivity contribution in [2.45, 2.75) is 43.1 Å². The number of nitrogens with one attached hydrogen (secondary N) is 1. The van der Waals surface area contributed by atoms with Crippen LogP contribution in [0, 0.1) is 0 Å². The average molecular weight is 329 g/mol. The van der Waals surface area contributed by atoms with E-state index in [1.807, 2.05) is 0 Å².